The van der Waals surface area contributed by atoms with Crippen molar-refractivity contribution in [2.24, 2.45) is 7.05 Å². The molecule has 9 heteroatoms. The number of aromatic nitrogens is 2. The Morgan fingerprint density at radius 2 is 1.82 bits per heavy atom. The van der Waals surface area contributed by atoms with Gasteiger partial charge < -0.3 is 4.74 Å². The van der Waals surface area contributed by atoms with E-state index < -0.39 is 9.84 Å². The Labute approximate surface area is 212 Å². The van der Waals surface area contributed by atoms with Crippen LogP contribution < -0.4 is 0 Å². The second-order valence-corrected chi connectivity index (χ2v) is 12.7. The Hall–Kier alpha value is -0.930. The molecule has 0 radical (unpaired) electrons. The van der Waals surface area contributed by atoms with Gasteiger partial charge in [0.05, 0.1) is 24.2 Å². The summed E-state index contributed by atoms with van der Waals surface area (Å²) in [5.41, 5.74) is 3.70. The van der Waals surface area contributed by atoms with Gasteiger partial charge in [-0.05, 0) is 62.8 Å². The molecule has 33 heavy (non-hydrogen) atoms. The Kier molecular flexibility index (Phi) is 9.06. The molecule has 2 heterocycles. The number of halogens is 2. The lowest BCUT2D eigenvalue weighted by Crippen LogP contribution is -2.56. The van der Waals surface area contributed by atoms with E-state index in [1.807, 2.05) is 11.7 Å². The summed E-state index contributed by atoms with van der Waals surface area (Å²) in [7, 11) is -1.07. The number of ether oxygens (including phenoxy) is 1. The quantitative estimate of drug-likeness (QED) is 0.527. The Morgan fingerprint density at radius 3 is 2.39 bits per heavy atom. The van der Waals surface area contributed by atoms with E-state index in [0.717, 1.165) is 36.6 Å². The summed E-state index contributed by atoms with van der Waals surface area (Å²) in [4.78, 5) is 2.56. The normalized spacial score (nSPS) is 26.7. The van der Waals surface area contributed by atoms with E-state index in [2.05, 4.69) is 58.1 Å². The van der Waals surface area contributed by atoms with Gasteiger partial charge in [0.15, 0.2) is 0 Å². The minimum absolute atomic E-state index is 0. The maximum Gasteiger partial charge on any atom is 0.150 e. The highest BCUT2D eigenvalue weighted by molar-refractivity contribution is 9.10. The Morgan fingerprint density at radius 1 is 1.15 bits per heavy atom. The second kappa shape index (κ2) is 11.2. The standard InChI is InChI=1S/C24H34BrN3O3S.ClH/c1-17-12-24(26-27(17)2)19-6-10-21(11-7-19)28-14-23(16-32(3,29)30)31-15-22(28)13-18-4-8-20(25)9-5-18;/h4-5,8-9,12,19,21-23H,6-7,10-11,13-16H2,1-3H3;1H/t19?,21?,22-,23+;/m0./s1. The fourth-order valence-electron chi connectivity index (χ4n) is 5.23. The van der Waals surface area contributed by atoms with Crippen molar-refractivity contribution < 1.29 is 13.2 Å². The van der Waals surface area contributed by atoms with Crippen LogP contribution in [0.25, 0.3) is 0 Å². The van der Waals surface area contributed by atoms with E-state index in [9.17, 15) is 8.42 Å². The monoisotopic (exact) mass is 559 g/mol. The van der Waals surface area contributed by atoms with Gasteiger partial charge in [-0.2, -0.15) is 5.10 Å². The molecule has 2 aromatic rings. The zero-order valence-electron chi connectivity index (χ0n) is 19.6. The number of sulfone groups is 1. The van der Waals surface area contributed by atoms with Crippen molar-refractivity contribution in [2.45, 2.75) is 63.1 Å². The molecule has 0 N–H and O–H groups in total. The average Bonchev–Trinajstić information content (AvgIpc) is 3.08. The zero-order valence-corrected chi connectivity index (χ0v) is 22.8. The molecule has 1 aliphatic carbocycles. The summed E-state index contributed by atoms with van der Waals surface area (Å²) in [5.74, 6) is 0.612. The SMILES string of the molecule is Cc1cc(C2CCC(N3C[C@H](CS(C)(=O)=O)OC[C@@H]3Cc3ccc(Br)cc3)CC2)nn1C.Cl. The maximum atomic E-state index is 11.9. The largest absolute Gasteiger partial charge is 0.374 e. The van der Waals surface area contributed by atoms with Gasteiger partial charge in [0, 0.05) is 48.0 Å². The first-order valence-corrected chi connectivity index (χ1v) is 14.3. The second-order valence-electron chi connectivity index (χ2n) is 9.57. The topological polar surface area (TPSA) is 64.4 Å². The van der Waals surface area contributed by atoms with Crippen molar-refractivity contribution in [1.82, 2.24) is 14.7 Å². The number of rotatable bonds is 6. The molecule has 0 unspecified atom stereocenters. The molecule has 2 fully saturated rings. The maximum absolute atomic E-state index is 11.9. The van der Waals surface area contributed by atoms with Crippen LogP contribution in [0.5, 0.6) is 0 Å². The summed E-state index contributed by atoms with van der Waals surface area (Å²) in [6.07, 6.45) is 6.45. The summed E-state index contributed by atoms with van der Waals surface area (Å²) >= 11 is 3.51. The molecule has 1 saturated carbocycles. The van der Waals surface area contributed by atoms with Crippen LogP contribution in [0.2, 0.25) is 0 Å². The lowest BCUT2D eigenvalue weighted by Gasteiger charge is -2.46. The summed E-state index contributed by atoms with van der Waals surface area (Å²) in [5, 5.41) is 4.71. The predicted octanol–water partition coefficient (Wildman–Crippen LogP) is 4.30. The fraction of sp³-hybridized carbons (Fsp3) is 0.625. The van der Waals surface area contributed by atoms with E-state index >= 15 is 0 Å². The third-order valence-corrected chi connectivity index (χ3v) is 8.50. The van der Waals surface area contributed by atoms with Gasteiger partial charge in [0.2, 0.25) is 0 Å². The highest BCUT2D eigenvalue weighted by Crippen LogP contribution is 2.36. The third-order valence-electron chi connectivity index (χ3n) is 7.00. The summed E-state index contributed by atoms with van der Waals surface area (Å²) < 4.78 is 32.9. The van der Waals surface area contributed by atoms with Crippen LogP contribution in [0.1, 0.15) is 48.6 Å². The number of hydrogen-bond acceptors (Lipinski definition) is 5. The molecule has 1 aromatic carbocycles. The molecule has 1 aliphatic heterocycles. The molecule has 1 aromatic heterocycles. The van der Waals surface area contributed by atoms with Gasteiger partial charge in [-0.1, -0.05) is 28.1 Å². The van der Waals surface area contributed by atoms with Gasteiger partial charge in [0.25, 0.3) is 0 Å². The molecule has 1 saturated heterocycles. The Balaban J connectivity index is 0.00000306. The first-order valence-electron chi connectivity index (χ1n) is 11.5. The summed E-state index contributed by atoms with van der Waals surface area (Å²) in [6, 6.07) is 11.4. The molecule has 4 rings (SSSR count). The van der Waals surface area contributed by atoms with Gasteiger partial charge in [0.1, 0.15) is 9.84 Å². The average molecular weight is 561 g/mol. The molecule has 2 atom stereocenters. The minimum Gasteiger partial charge on any atom is -0.374 e. The predicted molar refractivity (Wildman–Crippen MR) is 138 cm³/mol. The van der Waals surface area contributed by atoms with Gasteiger partial charge >= 0.3 is 0 Å². The first-order chi connectivity index (χ1) is 15.2. The fourth-order valence-corrected chi connectivity index (χ4v) is 6.37. The number of aryl methyl sites for hydroxylation is 2. The molecule has 0 spiro atoms. The van der Waals surface area contributed by atoms with E-state index in [1.54, 1.807) is 0 Å². The molecule has 0 bridgehead atoms. The molecular weight excluding hydrogens is 526 g/mol. The number of nitrogens with zero attached hydrogens (tertiary/aromatic N) is 3. The molecule has 184 valence electrons. The molecule has 0 amide bonds. The van der Waals surface area contributed by atoms with Crippen LogP contribution in [0.3, 0.4) is 0 Å². The number of morpholine rings is 1. The van der Waals surface area contributed by atoms with E-state index in [0.29, 0.717) is 25.1 Å². The van der Waals surface area contributed by atoms with E-state index in [4.69, 9.17) is 9.84 Å². The van der Waals surface area contributed by atoms with Crippen molar-refractivity contribution in [3.63, 3.8) is 0 Å². The third kappa shape index (κ3) is 7.04. The Bertz CT molecular complexity index is 1000. The number of benzene rings is 1. The zero-order chi connectivity index (χ0) is 22.9. The lowest BCUT2D eigenvalue weighted by molar-refractivity contribution is -0.0755. The number of hydrogen-bond donors (Lipinski definition) is 0. The molecule has 2 aliphatic rings. The van der Waals surface area contributed by atoms with Crippen LogP contribution >= 0.6 is 28.3 Å². The van der Waals surface area contributed by atoms with Crippen LogP contribution in [-0.2, 0) is 28.0 Å². The lowest BCUT2D eigenvalue weighted by atomic mass is 9.82. The summed E-state index contributed by atoms with van der Waals surface area (Å²) in [6.45, 7) is 3.37. The molecular formula is C24H35BrClN3O3S. The van der Waals surface area contributed by atoms with Crippen molar-refractivity contribution in [1.29, 1.82) is 0 Å². The van der Waals surface area contributed by atoms with E-state index in [-0.39, 0.29) is 30.3 Å². The van der Waals surface area contributed by atoms with Gasteiger partial charge in [-0.25, -0.2) is 8.42 Å². The van der Waals surface area contributed by atoms with E-state index in [1.165, 1.54) is 23.2 Å². The smallest absolute Gasteiger partial charge is 0.150 e. The highest BCUT2D eigenvalue weighted by atomic mass is 79.9. The van der Waals surface area contributed by atoms with Crippen molar-refractivity contribution in [3.05, 3.63) is 51.8 Å². The van der Waals surface area contributed by atoms with Crippen LogP contribution in [0.4, 0.5) is 0 Å². The van der Waals surface area contributed by atoms with Crippen molar-refractivity contribution in [2.75, 3.05) is 25.2 Å². The van der Waals surface area contributed by atoms with Crippen LogP contribution in [-0.4, -0.2) is 66.4 Å². The van der Waals surface area contributed by atoms with Gasteiger partial charge in [-0.3, -0.25) is 9.58 Å². The highest BCUT2D eigenvalue weighted by Gasteiger charge is 2.37. The van der Waals surface area contributed by atoms with Gasteiger partial charge in [-0.15, -0.1) is 12.4 Å². The molecule has 6 nitrogen and oxygen atoms in total. The van der Waals surface area contributed by atoms with Crippen molar-refractivity contribution >= 4 is 38.2 Å². The van der Waals surface area contributed by atoms with Crippen molar-refractivity contribution in [3.8, 4) is 0 Å². The minimum atomic E-state index is -3.07. The van der Waals surface area contributed by atoms with Crippen LogP contribution in [0, 0.1) is 6.92 Å². The first kappa shape index (κ1) is 26.7. The van der Waals surface area contributed by atoms with Crippen LogP contribution in [0.15, 0.2) is 34.8 Å².